The number of carbonyl (C=O) groups is 1. The van der Waals surface area contributed by atoms with Crippen molar-refractivity contribution in [2.45, 2.75) is 6.54 Å². The van der Waals surface area contributed by atoms with Gasteiger partial charge in [-0.1, -0.05) is 0 Å². The van der Waals surface area contributed by atoms with Crippen molar-refractivity contribution in [2.24, 2.45) is 14.1 Å². The second kappa shape index (κ2) is 6.17. The van der Waals surface area contributed by atoms with E-state index in [1.54, 1.807) is 0 Å². The standard InChI is InChI=1S/C15H12F3N5O3/c1-21-13-12(14(25)22(2)15(21)26)23(6-19-13)5-9(24)20-8-4-3-7(16)10(17)11(8)18/h3-4,6H,5H2,1-2H3,(H,20,24). The lowest BCUT2D eigenvalue weighted by molar-refractivity contribution is -0.116. The summed E-state index contributed by atoms with van der Waals surface area (Å²) in [6.07, 6.45) is 1.17. The summed E-state index contributed by atoms with van der Waals surface area (Å²) in [4.78, 5) is 40.2. The van der Waals surface area contributed by atoms with Crippen LogP contribution >= 0.6 is 0 Å². The third-order valence-corrected chi connectivity index (χ3v) is 3.84. The SMILES string of the molecule is Cn1c(=O)c2c(ncn2CC(=O)Nc2ccc(F)c(F)c2F)n(C)c1=O. The number of nitrogens with one attached hydrogen (secondary N) is 1. The Balaban J connectivity index is 1.95. The van der Waals surface area contributed by atoms with Crippen LogP contribution in [0, 0.1) is 17.5 Å². The van der Waals surface area contributed by atoms with Gasteiger partial charge >= 0.3 is 5.69 Å². The molecule has 2 heterocycles. The van der Waals surface area contributed by atoms with Gasteiger partial charge in [0.15, 0.2) is 28.6 Å². The minimum Gasteiger partial charge on any atom is -0.322 e. The Morgan fingerprint density at radius 3 is 2.50 bits per heavy atom. The van der Waals surface area contributed by atoms with Gasteiger partial charge in [0.1, 0.15) is 6.54 Å². The molecule has 136 valence electrons. The molecule has 0 unspecified atom stereocenters. The highest BCUT2D eigenvalue weighted by atomic mass is 19.2. The molecular weight excluding hydrogens is 355 g/mol. The first-order valence-corrected chi connectivity index (χ1v) is 7.26. The number of aryl methyl sites for hydroxylation is 1. The van der Waals surface area contributed by atoms with E-state index in [9.17, 15) is 27.6 Å². The van der Waals surface area contributed by atoms with Crippen LogP contribution in [-0.2, 0) is 25.4 Å². The van der Waals surface area contributed by atoms with Crippen LogP contribution in [-0.4, -0.2) is 24.6 Å². The fourth-order valence-corrected chi connectivity index (χ4v) is 2.48. The van der Waals surface area contributed by atoms with Crippen LogP contribution < -0.4 is 16.6 Å². The number of rotatable bonds is 3. The first-order chi connectivity index (χ1) is 12.2. The Bertz CT molecular complexity index is 1160. The zero-order valence-corrected chi connectivity index (χ0v) is 13.6. The van der Waals surface area contributed by atoms with Crippen LogP contribution in [0.1, 0.15) is 0 Å². The van der Waals surface area contributed by atoms with Gasteiger partial charge in [-0.25, -0.2) is 22.9 Å². The number of hydrogen-bond acceptors (Lipinski definition) is 4. The molecule has 0 saturated carbocycles. The van der Waals surface area contributed by atoms with Crippen molar-refractivity contribution < 1.29 is 18.0 Å². The van der Waals surface area contributed by atoms with E-state index in [1.807, 2.05) is 0 Å². The van der Waals surface area contributed by atoms with Crippen LogP contribution in [0.2, 0.25) is 0 Å². The number of nitrogens with zero attached hydrogens (tertiary/aromatic N) is 4. The van der Waals surface area contributed by atoms with Gasteiger partial charge in [-0.05, 0) is 12.1 Å². The molecule has 8 nitrogen and oxygen atoms in total. The van der Waals surface area contributed by atoms with Crippen molar-refractivity contribution in [2.75, 3.05) is 5.32 Å². The number of imidazole rings is 1. The highest BCUT2D eigenvalue weighted by molar-refractivity contribution is 5.91. The lowest BCUT2D eigenvalue weighted by atomic mass is 10.2. The Morgan fingerprint density at radius 2 is 1.81 bits per heavy atom. The van der Waals surface area contributed by atoms with Gasteiger partial charge in [0.05, 0.1) is 12.0 Å². The number of halogens is 3. The van der Waals surface area contributed by atoms with Crippen LogP contribution in [0.5, 0.6) is 0 Å². The largest absolute Gasteiger partial charge is 0.332 e. The van der Waals surface area contributed by atoms with Crippen LogP contribution in [0.3, 0.4) is 0 Å². The van der Waals surface area contributed by atoms with Gasteiger partial charge < -0.3 is 9.88 Å². The summed E-state index contributed by atoms with van der Waals surface area (Å²) in [7, 11) is 2.69. The van der Waals surface area contributed by atoms with Gasteiger partial charge in [0.2, 0.25) is 5.91 Å². The molecule has 0 bridgehead atoms. The molecule has 0 spiro atoms. The summed E-state index contributed by atoms with van der Waals surface area (Å²) in [5, 5.41) is 2.09. The molecule has 0 radical (unpaired) electrons. The smallest absolute Gasteiger partial charge is 0.322 e. The average Bonchev–Trinajstić information content (AvgIpc) is 3.02. The summed E-state index contributed by atoms with van der Waals surface area (Å²) >= 11 is 0. The minimum atomic E-state index is -1.71. The maximum atomic E-state index is 13.6. The predicted molar refractivity (Wildman–Crippen MR) is 85.2 cm³/mol. The lowest BCUT2D eigenvalue weighted by Gasteiger charge is -2.09. The normalized spacial score (nSPS) is 11.1. The van der Waals surface area contributed by atoms with Gasteiger partial charge in [-0.2, -0.15) is 0 Å². The molecule has 0 fully saturated rings. The van der Waals surface area contributed by atoms with Gasteiger partial charge in [0.25, 0.3) is 5.56 Å². The van der Waals surface area contributed by atoms with E-state index in [0.29, 0.717) is 6.07 Å². The fraction of sp³-hybridized carbons (Fsp3) is 0.200. The third-order valence-electron chi connectivity index (χ3n) is 3.84. The molecule has 2 aromatic heterocycles. The molecule has 1 amide bonds. The van der Waals surface area contributed by atoms with Gasteiger partial charge in [0, 0.05) is 14.1 Å². The fourth-order valence-electron chi connectivity index (χ4n) is 2.48. The second-order valence-corrected chi connectivity index (χ2v) is 5.52. The zero-order valence-electron chi connectivity index (χ0n) is 13.6. The number of benzene rings is 1. The van der Waals surface area contributed by atoms with Crippen LogP contribution in [0.15, 0.2) is 28.0 Å². The summed E-state index contributed by atoms with van der Waals surface area (Å²) in [6.45, 7) is -0.456. The van der Waals surface area contributed by atoms with Crippen molar-refractivity contribution in [3.63, 3.8) is 0 Å². The van der Waals surface area contributed by atoms with E-state index in [2.05, 4.69) is 10.3 Å². The Labute approximate surface area is 143 Å². The van der Waals surface area contributed by atoms with E-state index in [4.69, 9.17) is 0 Å². The molecule has 1 N–H and O–H groups in total. The first kappa shape index (κ1) is 17.5. The molecule has 3 rings (SSSR count). The van der Waals surface area contributed by atoms with E-state index < -0.39 is 46.8 Å². The molecule has 3 aromatic rings. The van der Waals surface area contributed by atoms with Crippen LogP contribution in [0.25, 0.3) is 11.2 Å². The van der Waals surface area contributed by atoms with E-state index in [-0.39, 0.29) is 11.2 Å². The Hall–Kier alpha value is -3.37. The van der Waals surface area contributed by atoms with Crippen molar-refractivity contribution in [1.29, 1.82) is 0 Å². The molecule has 0 atom stereocenters. The molecule has 0 aliphatic heterocycles. The van der Waals surface area contributed by atoms with E-state index >= 15 is 0 Å². The number of anilines is 1. The summed E-state index contributed by atoms with van der Waals surface area (Å²) < 4.78 is 42.9. The Morgan fingerprint density at radius 1 is 1.12 bits per heavy atom. The summed E-state index contributed by atoms with van der Waals surface area (Å²) in [5.74, 6) is -5.43. The number of carbonyl (C=O) groups excluding carboxylic acids is 1. The first-order valence-electron chi connectivity index (χ1n) is 7.26. The van der Waals surface area contributed by atoms with Crippen molar-refractivity contribution in [1.82, 2.24) is 18.7 Å². The molecular formula is C15H12F3N5O3. The number of fused-ring (bicyclic) bond motifs is 1. The van der Waals surface area contributed by atoms with Crippen molar-refractivity contribution in [3.05, 3.63) is 56.7 Å². The van der Waals surface area contributed by atoms with Gasteiger partial charge in [-0.3, -0.25) is 18.7 Å². The minimum absolute atomic E-state index is 0.00416. The molecule has 0 aliphatic rings. The van der Waals surface area contributed by atoms with Crippen molar-refractivity contribution >= 4 is 22.8 Å². The lowest BCUT2D eigenvalue weighted by Crippen LogP contribution is -2.37. The van der Waals surface area contributed by atoms with E-state index in [0.717, 1.165) is 15.2 Å². The maximum Gasteiger partial charge on any atom is 0.332 e. The van der Waals surface area contributed by atoms with Crippen LogP contribution in [0.4, 0.5) is 18.9 Å². The van der Waals surface area contributed by atoms with Crippen molar-refractivity contribution in [3.8, 4) is 0 Å². The molecule has 0 aliphatic carbocycles. The molecule has 1 aromatic carbocycles. The Kier molecular flexibility index (Phi) is 4.14. The van der Waals surface area contributed by atoms with Gasteiger partial charge in [-0.15, -0.1) is 0 Å². The molecule has 0 saturated heterocycles. The monoisotopic (exact) mass is 367 g/mol. The average molecular weight is 367 g/mol. The third kappa shape index (κ3) is 2.66. The molecule has 26 heavy (non-hydrogen) atoms. The molecule has 11 heteroatoms. The second-order valence-electron chi connectivity index (χ2n) is 5.52. The number of hydrogen-bond donors (Lipinski definition) is 1. The number of aromatic nitrogens is 4. The predicted octanol–water partition coefficient (Wildman–Crippen LogP) is 0.490. The topological polar surface area (TPSA) is 90.9 Å². The highest BCUT2D eigenvalue weighted by Gasteiger charge is 2.18. The highest BCUT2D eigenvalue weighted by Crippen LogP contribution is 2.19. The number of amides is 1. The zero-order chi connectivity index (χ0) is 19.2. The quantitative estimate of drug-likeness (QED) is 0.682. The van der Waals surface area contributed by atoms with E-state index in [1.165, 1.54) is 25.0 Å². The maximum absolute atomic E-state index is 13.6. The summed E-state index contributed by atoms with van der Waals surface area (Å²) in [5.41, 5.74) is -1.72. The summed E-state index contributed by atoms with van der Waals surface area (Å²) in [6, 6.07) is 1.55.